The summed E-state index contributed by atoms with van der Waals surface area (Å²) in [5.41, 5.74) is 12.5. The third-order valence-corrected chi connectivity index (χ3v) is 3.22. The van der Waals surface area contributed by atoms with Gasteiger partial charge in [0.15, 0.2) is 0 Å². The number of rotatable bonds is 5. The van der Waals surface area contributed by atoms with E-state index in [1.165, 1.54) is 10.0 Å². The Balaban J connectivity index is 2.49. The first-order chi connectivity index (χ1) is 6.77. The maximum Gasteiger partial charge on any atom is 0.0207 e. The lowest BCUT2D eigenvalue weighted by Crippen LogP contribution is -2.23. The van der Waals surface area contributed by atoms with Gasteiger partial charge in [0.25, 0.3) is 0 Å². The molecule has 0 bridgehead atoms. The molecule has 4 N–H and O–H groups in total. The maximum atomic E-state index is 5.59. The monoisotopic (exact) mass is 256 g/mol. The van der Waals surface area contributed by atoms with Crippen molar-refractivity contribution in [2.45, 2.75) is 12.8 Å². The van der Waals surface area contributed by atoms with Gasteiger partial charge in [-0.3, -0.25) is 0 Å². The van der Waals surface area contributed by atoms with Crippen LogP contribution in [0, 0.1) is 5.92 Å². The fraction of sp³-hybridized carbons (Fsp3) is 0.455. The molecule has 0 amide bonds. The predicted octanol–water partition coefficient (Wildman–Crippen LogP) is 1.92. The molecule has 0 fully saturated rings. The zero-order valence-corrected chi connectivity index (χ0v) is 9.83. The second-order valence-electron chi connectivity index (χ2n) is 3.47. The normalized spacial score (nSPS) is 10.9. The van der Waals surface area contributed by atoms with E-state index in [1.54, 1.807) is 0 Å². The van der Waals surface area contributed by atoms with E-state index in [-0.39, 0.29) is 0 Å². The molecule has 0 aliphatic heterocycles. The Morgan fingerprint density at radius 2 is 1.79 bits per heavy atom. The molecular weight excluding hydrogens is 240 g/mol. The summed E-state index contributed by atoms with van der Waals surface area (Å²) in [5, 5.41) is 0. The van der Waals surface area contributed by atoms with E-state index in [0.717, 1.165) is 12.8 Å². The van der Waals surface area contributed by atoms with E-state index >= 15 is 0 Å². The van der Waals surface area contributed by atoms with Gasteiger partial charge in [0.2, 0.25) is 0 Å². The van der Waals surface area contributed by atoms with Crippen molar-refractivity contribution in [2.24, 2.45) is 17.4 Å². The fourth-order valence-corrected chi connectivity index (χ4v) is 1.88. The molecule has 1 aromatic rings. The van der Waals surface area contributed by atoms with Crippen LogP contribution in [0.3, 0.4) is 0 Å². The minimum atomic E-state index is 0.446. The van der Waals surface area contributed by atoms with Crippen molar-refractivity contribution < 1.29 is 0 Å². The Morgan fingerprint density at radius 3 is 2.36 bits per heavy atom. The molecule has 78 valence electrons. The van der Waals surface area contributed by atoms with Gasteiger partial charge in [-0.2, -0.15) is 0 Å². The van der Waals surface area contributed by atoms with Crippen molar-refractivity contribution in [1.82, 2.24) is 0 Å². The van der Waals surface area contributed by atoms with Gasteiger partial charge in [0, 0.05) is 4.47 Å². The molecule has 0 saturated carbocycles. The van der Waals surface area contributed by atoms with E-state index in [2.05, 4.69) is 34.1 Å². The highest BCUT2D eigenvalue weighted by atomic mass is 79.9. The largest absolute Gasteiger partial charge is 0.330 e. The molecule has 0 aromatic heterocycles. The summed E-state index contributed by atoms with van der Waals surface area (Å²) in [5.74, 6) is 0.446. The van der Waals surface area contributed by atoms with Crippen LogP contribution < -0.4 is 11.5 Å². The highest BCUT2D eigenvalue weighted by Crippen LogP contribution is 2.18. The summed E-state index contributed by atoms with van der Waals surface area (Å²) in [6.45, 7) is 1.36. The zero-order chi connectivity index (χ0) is 10.4. The molecule has 0 spiro atoms. The van der Waals surface area contributed by atoms with Crippen molar-refractivity contribution in [3.63, 3.8) is 0 Å². The fourth-order valence-electron chi connectivity index (χ4n) is 1.39. The summed E-state index contributed by atoms with van der Waals surface area (Å²) in [4.78, 5) is 0. The molecule has 0 unspecified atom stereocenters. The van der Waals surface area contributed by atoms with Crippen LogP contribution in [-0.2, 0) is 6.42 Å². The average Bonchev–Trinajstić information content (AvgIpc) is 2.22. The van der Waals surface area contributed by atoms with Gasteiger partial charge in [-0.25, -0.2) is 0 Å². The molecule has 0 heterocycles. The third kappa shape index (κ3) is 3.40. The van der Waals surface area contributed by atoms with Crippen LogP contribution in [0.2, 0.25) is 0 Å². The first kappa shape index (κ1) is 11.7. The van der Waals surface area contributed by atoms with Gasteiger partial charge in [-0.05, 0) is 43.5 Å². The van der Waals surface area contributed by atoms with Gasteiger partial charge < -0.3 is 11.5 Å². The van der Waals surface area contributed by atoms with Crippen molar-refractivity contribution >= 4 is 15.9 Å². The molecule has 1 rings (SSSR count). The Hall–Kier alpha value is -0.380. The van der Waals surface area contributed by atoms with Crippen LogP contribution in [0.25, 0.3) is 0 Å². The maximum absolute atomic E-state index is 5.59. The number of benzene rings is 1. The summed E-state index contributed by atoms with van der Waals surface area (Å²) in [7, 11) is 0. The van der Waals surface area contributed by atoms with Crippen LogP contribution in [0.5, 0.6) is 0 Å². The highest BCUT2D eigenvalue weighted by molar-refractivity contribution is 9.10. The first-order valence-corrected chi connectivity index (χ1v) is 5.70. The second-order valence-corrected chi connectivity index (χ2v) is 4.32. The summed E-state index contributed by atoms with van der Waals surface area (Å²) >= 11 is 3.53. The van der Waals surface area contributed by atoms with Crippen LogP contribution in [-0.4, -0.2) is 13.1 Å². The Labute approximate surface area is 93.8 Å². The average molecular weight is 257 g/mol. The smallest absolute Gasteiger partial charge is 0.0207 e. The Morgan fingerprint density at radius 1 is 1.14 bits per heavy atom. The zero-order valence-electron chi connectivity index (χ0n) is 8.25. The molecule has 1 aromatic carbocycles. The highest BCUT2D eigenvalue weighted by Gasteiger charge is 2.05. The lowest BCUT2D eigenvalue weighted by atomic mass is 10.00. The number of nitrogens with two attached hydrogens (primary N) is 2. The van der Waals surface area contributed by atoms with Crippen LogP contribution in [0.15, 0.2) is 28.7 Å². The summed E-state index contributed by atoms with van der Waals surface area (Å²) in [6.07, 6.45) is 2.11. The Kier molecular flexibility index (Phi) is 5.15. The molecular formula is C11H17BrN2. The van der Waals surface area contributed by atoms with Crippen LogP contribution in [0.1, 0.15) is 12.0 Å². The minimum absolute atomic E-state index is 0.446. The molecule has 3 heteroatoms. The van der Waals surface area contributed by atoms with Crippen molar-refractivity contribution in [3.05, 3.63) is 34.3 Å². The van der Waals surface area contributed by atoms with Gasteiger partial charge in [-0.1, -0.05) is 34.1 Å². The summed E-state index contributed by atoms with van der Waals surface area (Å²) < 4.78 is 1.17. The van der Waals surface area contributed by atoms with Crippen LogP contribution in [0.4, 0.5) is 0 Å². The van der Waals surface area contributed by atoms with E-state index < -0.39 is 0 Å². The molecule has 0 saturated heterocycles. The number of halogens is 1. The number of hydrogen-bond acceptors (Lipinski definition) is 2. The molecule has 0 radical (unpaired) electrons. The van der Waals surface area contributed by atoms with Gasteiger partial charge >= 0.3 is 0 Å². The quantitative estimate of drug-likeness (QED) is 0.846. The van der Waals surface area contributed by atoms with Crippen molar-refractivity contribution in [3.8, 4) is 0 Å². The van der Waals surface area contributed by atoms with Crippen molar-refractivity contribution in [1.29, 1.82) is 0 Å². The number of hydrogen-bond donors (Lipinski definition) is 2. The molecule has 0 aliphatic rings. The van der Waals surface area contributed by atoms with E-state index in [1.807, 2.05) is 6.07 Å². The molecule has 0 aliphatic carbocycles. The van der Waals surface area contributed by atoms with Crippen molar-refractivity contribution in [2.75, 3.05) is 13.1 Å². The second kappa shape index (κ2) is 6.17. The van der Waals surface area contributed by atoms with E-state index in [9.17, 15) is 0 Å². The third-order valence-electron chi connectivity index (χ3n) is 2.45. The predicted molar refractivity (Wildman–Crippen MR) is 64.1 cm³/mol. The molecule has 14 heavy (non-hydrogen) atoms. The SMILES string of the molecule is NCC(CN)CCc1ccccc1Br. The van der Waals surface area contributed by atoms with Gasteiger partial charge in [0.05, 0.1) is 0 Å². The lowest BCUT2D eigenvalue weighted by molar-refractivity contribution is 0.507. The topological polar surface area (TPSA) is 52.0 Å². The lowest BCUT2D eigenvalue weighted by Gasteiger charge is -2.12. The standard InChI is InChI=1S/C11H17BrN2/c12-11-4-2-1-3-10(11)6-5-9(7-13)8-14/h1-4,9H,5-8,13-14H2. The minimum Gasteiger partial charge on any atom is -0.330 e. The summed E-state index contributed by atoms with van der Waals surface area (Å²) in [6, 6.07) is 8.28. The van der Waals surface area contributed by atoms with Crippen LogP contribution >= 0.6 is 15.9 Å². The Bertz CT molecular complexity index is 272. The first-order valence-electron chi connectivity index (χ1n) is 4.91. The van der Waals surface area contributed by atoms with E-state index in [4.69, 9.17) is 11.5 Å². The number of aryl methyl sites for hydroxylation is 1. The van der Waals surface area contributed by atoms with Gasteiger partial charge in [0.1, 0.15) is 0 Å². The van der Waals surface area contributed by atoms with Gasteiger partial charge in [-0.15, -0.1) is 0 Å². The molecule has 0 atom stereocenters. The van der Waals surface area contributed by atoms with E-state index in [0.29, 0.717) is 19.0 Å². The molecule has 2 nitrogen and oxygen atoms in total.